The Labute approximate surface area is 138 Å². The second kappa shape index (κ2) is 7.80. The minimum Gasteiger partial charge on any atom is -0.491 e. The molecule has 21 heavy (non-hydrogen) atoms. The van der Waals surface area contributed by atoms with Crippen LogP contribution in [0.3, 0.4) is 0 Å². The Bertz CT molecular complexity index is 607. The second-order valence-corrected chi connectivity index (χ2v) is 5.81. The first kappa shape index (κ1) is 16.3. The van der Waals surface area contributed by atoms with Crippen LogP contribution in [0.4, 0.5) is 0 Å². The average molecular weight is 371 g/mol. The van der Waals surface area contributed by atoms with Crippen LogP contribution < -0.4 is 10.5 Å². The molecule has 0 spiro atoms. The summed E-state index contributed by atoms with van der Waals surface area (Å²) in [5.41, 5.74) is 8.28. The van der Waals surface area contributed by atoms with Gasteiger partial charge in [0.1, 0.15) is 12.4 Å². The Balaban J connectivity index is 2.27. The van der Waals surface area contributed by atoms with Gasteiger partial charge in [0.2, 0.25) is 0 Å². The number of halogens is 2. The van der Waals surface area contributed by atoms with Gasteiger partial charge in [-0.3, -0.25) is 0 Å². The normalized spacial score (nSPS) is 12.2. The molecule has 1 unspecified atom stereocenters. The smallest absolute Gasteiger partial charge is 0.124 e. The molecule has 5 heteroatoms. The Kier molecular flexibility index (Phi) is 6.06. The number of hydrogen-bond donors (Lipinski definition) is 1. The molecule has 0 aliphatic carbocycles. The van der Waals surface area contributed by atoms with Crippen molar-refractivity contribution in [2.24, 2.45) is 5.73 Å². The maximum atomic E-state index is 6.39. The molecule has 0 saturated carbocycles. The third-order valence-electron chi connectivity index (χ3n) is 3.10. The highest BCUT2D eigenvalue weighted by atomic mass is 79.9. The van der Waals surface area contributed by atoms with Gasteiger partial charge in [0.15, 0.2) is 0 Å². The number of methoxy groups -OCH3 is 1. The fourth-order valence-electron chi connectivity index (χ4n) is 2.03. The number of para-hydroxylation sites is 1. The number of benzene rings is 2. The van der Waals surface area contributed by atoms with Crippen LogP contribution in [0.25, 0.3) is 0 Å². The first-order valence-electron chi connectivity index (χ1n) is 6.54. The summed E-state index contributed by atoms with van der Waals surface area (Å²) >= 11 is 9.48. The van der Waals surface area contributed by atoms with E-state index in [1.54, 1.807) is 7.11 Å². The molecule has 112 valence electrons. The molecule has 0 aromatic heterocycles. The van der Waals surface area contributed by atoms with Gasteiger partial charge >= 0.3 is 0 Å². The summed E-state index contributed by atoms with van der Waals surface area (Å²) in [7, 11) is 1.64. The van der Waals surface area contributed by atoms with E-state index in [1.165, 1.54) is 0 Å². The molecule has 0 aliphatic rings. The lowest BCUT2D eigenvalue weighted by Crippen LogP contribution is -2.15. The largest absolute Gasteiger partial charge is 0.491 e. The van der Waals surface area contributed by atoms with Gasteiger partial charge in [-0.2, -0.15) is 0 Å². The van der Waals surface area contributed by atoms with Crippen molar-refractivity contribution in [2.75, 3.05) is 20.3 Å². The summed E-state index contributed by atoms with van der Waals surface area (Å²) < 4.78 is 11.6. The third kappa shape index (κ3) is 4.20. The van der Waals surface area contributed by atoms with Crippen molar-refractivity contribution < 1.29 is 9.47 Å². The highest BCUT2D eigenvalue weighted by molar-refractivity contribution is 9.10. The molecular formula is C16H17BrClNO2. The van der Waals surface area contributed by atoms with E-state index in [0.29, 0.717) is 18.2 Å². The van der Waals surface area contributed by atoms with E-state index in [0.717, 1.165) is 21.3 Å². The van der Waals surface area contributed by atoms with Crippen LogP contribution in [0.1, 0.15) is 17.2 Å². The van der Waals surface area contributed by atoms with Crippen molar-refractivity contribution in [1.82, 2.24) is 0 Å². The van der Waals surface area contributed by atoms with Crippen LogP contribution in [-0.2, 0) is 4.74 Å². The van der Waals surface area contributed by atoms with Gasteiger partial charge in [0.25, 0.3) is 0 Å². The van der Waals surface area contributed by atoms with Gasteiger partial charge in [0, 0.05) is 22.2 Å². The standard InChI is InChI=1S/C16H17BrClNO2/c1-20-8-9-21-15-5-3-2-4-13(15)16(19)12-7-6-11(18)10-14(12)17/h2-7,10,16H,8-9,19H2,1H3. The predicted molar refractivity (Wildman–Crippen MR) is 89.0 cm³/mol. The molecule has 0 bridgehead atoms. The summed E-state index contributed by atoms with van der Waals surface area (Å²) in [6.45, 7) is 1.02. The van der Waals surface area contributed by atoms with Crippen LogP contribution >= 0.6 is 27.5 Å². The molecule has 2 N–H and O–H groups in total. The third-order valence-corrected chi connectivity index (χ3v) is 4.02. The van der Waals surface area contributed by atoms with Crippen LogP contribution in [-0.4, -0.2) is 20.3 Å². The summed E-state index contributed by atoms with van der Waals surface area (Å²) in [4.78, 5) is 0. The zero-order valence-electron chi connectivity index (χ0n) is 11.7. The zero-order chi connectivity index (χ0) is 15.2. The Morgan fingerprint density at radius 3 is 2.62 bits per heavy atom. The first-order chi connectivity index (χ1) is 10.1. The van der Waals surface area contributed by atoms with E-state index in [-0.39, 0.29) is 6.04 Å². The molecule has 0 saturated heterocycles. The summed E-state index contributed by atoms with van der Waals surface area (Å²) in [5.74, 6) is 0.768. The summed E-state index contributed by atoms with van der Waals surface area (Å²) in [5, 5.41) is 0.669. The zero-order valence-corrected chi connectivity index (χ0v) is 14.0. The molecule has 0 amide bonds. The second-order valence-electron chi connectivity index (χ2n) is 4.52. The topological polar surface area (TPSA) is 44.5 Å². The molecule has 1 atom stereocenters. The van der Waals surface area contributed by atoms with Crippen molar-refractivity contribution in [3.63, 3.8) is 0 Å². The highest BCUT2D eigenvalue weighted by Gasteiger charge is 2.16. The lowest BCUT2D eigenvalue weighted by atomic mass is 9.99. The SMILES string of the molecule is COCCOc1ccccc1C(N)c1ccc(Cl)cc1Br. The molecule has 0 aliphatic heterocycles. The van der Waals surface area contributed by atoms with Gasteiger partial charge in [-0.05, 0) is 23.8 Å². The number of nitrogens with two attached hydrogens (primary N) is 1. The van der Waals surface area contributed by atoms with Crippen molar-refractivity contribution in [1.29, 1.82) is 0 Å². The van der Waals surface area contributed by atoms with Gasteiger partial charge in [-0.1, -0.05) is 51.8 Å². The van der Waals surface area contributed by atoms with E-state index in [4.69, 9.17) is 26.8 Å². The van der Waals surface area contributed by atoms with E-state index < -0.39 is 0 Å². The fraction of sp³-hybridized carbons (Fsp3) is 0.250. The number of rotatable bonds is 6. The molecular weight excluding hydrogens is 354 g/mol. The predicted octanol–water partition coefficient (Wildman–Crippen LogP) is 4.18. The van der Waals surface area contributed by atoms with E-state index in [2.05, 4.69) is 15.9 Å². The maximum absolute atomic E-state index is 6.39. The van der Waals surface area contributed by atoms with Crippen molar-refractivity contribution in [2.45, 2.75) is 6.04 Å². The number of hydrogen-bond acceptors (Lipinski definition) is 3. The van der Waals surface area contributed by atoms with Crippen molar-refractivity contribution in [3.8, 4) is 5.75 Å². The monoisotopic (exact) mass is 369 g/mol. The lowest BCUT2D eigenvalue weighted by Gasteiger charge is -2.18. The molecule has 3 nitrogen and oxygen atoms in total. The van der Waals surface area contributed by atoms with E-state index in [9.17, 15) is 0 Å². The van der Waals surface area contributed by atoms with Crippen LogP contribution in [0.5, 0.6) is 5.75 Å². The van der Waals surface area contributed by atoms with E-state index >= 15 is 0 Å². The summed E-state index contributed by atoms with van der Waals surface area (Å²) in [6.07, 6.45) is 0. The number of ether oxygens (including phenoxy) is 2. The Morgan fingerprint density at radius 1 is 1.14 bits per heavy atom. The Hall–Kier alpha value is -1.07. The minimum absolute atomic E-state index is 0.296. The molecule has 2 aromatic rings. The van der Waals surface area contributed by atoms with Gasteiger partial charge < -0.3 is 15.2 Å². The molecule has 2 rings (SSSR count). The van der Waals surface area contributed by atoms with Gasteiger partial charge in [0.05, 0.1) is 12.6 Å². The van der Waals surface area contributed by atoms with Crippen molar-refractivity contribution in [3.05, 3.63) is 63.1 Å². The van der Waals surface area contributed by atoms with Crippen molar-refractivity contribution >= 4 is 27.5 Å². The van der Waals surface area contributed by atoms with Crippen LogP contribution in [0, 0.1) is 0 Å². The average Bonchev–Trinajstić information content (AvgIpc) is 2.47. The summed E-state index contributed by atoms with van der Waals surface area (Å²) in [6, 6.07) is 13.0. The molecule has 0 heterocycles. The highest BCUT2D eigenvalue weighted by Crippen LogP contribution is 2.33. The van der Waals surface area contributed by atoms with Crippen LogP contribution in [0.15, 0.2) is 46.9 Å². The molecule has 0 radical (unpaired) electrons. The first-order valence-corrected chi connectivity index (χ1v) is 7.71. The molecule has 0 fully saturated rings. The minimum atomic E-state index is -0.296. The van der Waals surface area contributed by atoms with Crippen LogP contribution in [0.2, 0.25) is 5.02 Å². The quantitative estimate of drug-likeness (QED) is 0.776. The maximum Gasteiger partial charge on any atom is 0.124 e. The Morgan fingerprint density at radius 2 is 1.90 bits per heavy atom. The molecule has 2 aromatic carbocycles. The van der Waals surface area contributed by atoms with Gasteiger partial charge in [-0.15, -0.1) is 0 Å². The van der Waals surface area contributed by atoms with E-state index in [1.807, 2.05) is 42.5 Å². The fourth-order valence-corrected chi connectivity index (χ4v) is 2.95. The lowest BCUT2D eigenvalue weighted by molar-refractivity contribution is 0.145. The van der Waals surface area contributed by atoms with Gasteiger partial charge in [-0.25, -0.2) is 0 Å².